The molecular weight excluding hydrogens is 178 g/mol. The van der Waals surface area contributed by atoms with Gasteiger partial charge in [0.25, 0.3) is 0 Å². The molecule has 0 bridgehead atoms. The summed E-state index contributed by atoms with van der Waals surface area (Å²) >= 11 is 0. The van der Waals surface area contributed by atoms with Gasteiger partial charge in [-0.3, -0.25) is 0 Å². The number of hydrogen-bond acceptors (Lipinski definition) is 3. The van der Waals surface area contributed by atoms with E-state index in [-0.39, 0.29) is 0 Å². The fourth-order valence-electron chi connectivity index (χ4n) is 1.04. The van der Waals surface area contributed by atoms with Crippen molar-refractivity contribution in [2.45, 2.75) is 25.8 Å². The summed E-state index contributed by atoms with van der Waals surface area (Å²) in [5.41, 5.74) is 0. The molecule has 3 heteroatoms. The SMILES string of the molecule is CC#CCC(CCOCCOC)NC. The first-order valence-corrected chi connectivity index (χ1v) is 4.98. The molecule has 0 aromatic rings. The van der Waals surface area contributed by atoms with Gasteiger partial charge in [0.1, 0.15) is 0 Å². The van der Waals surface area contributed by atoms with E-state index in [9.17, 15) is 0 Å². The van der Waals surface area contributed by atoms with Crippen LogP contribution in [0.25, 0.3) is 0 Å². The van der Waals surface area contributed by atoms with Crippen molar-refractivity contribution in [2.24, 2.45) is 0 Å². The molecule has 0 radical (unpaired) electrons. The second-order valence-electron chi connectivity index (χ2n) is 3.01. The summed E-state index contributed by atoms with van der Waals surface area (Å²) in [4.78, 5) is 0. The summed E-state index contributed by atoms with van der Waals surface area (Å²) in [5, 5.41) is 3.21. The van der Waals surface area contributed by atoms with E-state index in [1.807, 2.05) is 14.0 Å². The van der Waals surface area contributed by atoms with Crippen LogP contribution in [0.2, 0.25) is 0 Å². The molecule has 0 saturated carbocycles. The van der Waals surface area contributed by atoms with Crippen molar-refractivity contribution in [3.63, 3.8) is 0 Å². The van der Waals surface area contributed by atoms with E-state index in [1.54, 1.807) is 7.11 Å². The number of nitrogens with one attached hydrogen (secondary N) is 1. The average molecular weight is 199 g/mol. The molecule has 0 aliphatic rings. The average Bonchev–Trinajstić information content (AvgIpc) is 2.22. The fraction of sp³-hybridized carbons (Fsp3) is 0.818. The zero-order chi connectivity index (χ0) is 10.6. The first-order chi connectivity index (χ1) is 6.85. The van der Waals surface area contributed by atoms with Crippen LogP contribution in [0.4, 0.5) is 0 Å². The minimum Gasteiger partial charge on any atom is -0.382 e. The van der Waals surface area contributed by atoms with Crippen LogP contribution in [0.3, 0.4) is 0 Å². The Hall–Kier alpha value is -0.560. The highest BCUT2D eigenvalue weighted by Crippen LogP contribution is 1.96. The van der Waals surface area contributed by atoms with Gasteiger partial charge in [-0.25, -0.2) is 0 Å². The molecule has 1 N–H and O–H groups in total. The van der Waals surface area contributed by atoms with E-state index in [2.05, 4.69) is 17.2 Å². The molecule has 0 saturated heterocycles. The van der Waals surface area contributed by atoms with Gasteiger partial charge in [0.2, 0.25) is 0 Å². The molecular formula is C11H21NO2. The third-order valence-corrected chi connectivity index (χ3v) is 1.98. The van der Waals surface area contributed by atoms with Crippen molar-refractivity contribution in [1.82, 2.24) is 5.32 Å². The number of rotatable bonds is 8. The van der Waals surface area contributed by atoms with Crippen LogP contribution in [0.1, 0.15) is 19.8 Å². The van der Waals surface area contributed by atoms with Crippen LogP contribution in [0.5, 0.6) is 0 Å². The van der Waals surface area contributed by atoms with Gasteiger partial charge < -0.3 is 14.8 Å². The van der Waals surface area contributed by atoms with Crippen LogP contribution in [0, 0.1) is 11.8 Å². The molecule has 14 heavy (non-hydrogen) atoms. The molecule has 0 rings (SSSR count). The Balaban J connectivity index is 3.36. The van der Waals surface area contributed by atoms with E-state index < -0.39 is 0 Å². The third-order valence-electron chi connectivity index (χ3n) is 1.98. The molecule has 0 aliphatic heterocycles. The van der Waals surface area contributed by atoms with Crippen molar-refractivity contribution >= 4 is 0 Å². The summed E-state index contributed by atoms with van der Waals surface area (Å²) < 4.78 is 10.3. The molecule has 82 valence electrons. The van der Waals surface area contributed by atoms with Crippen molar-refractivity contribution in [3.8, 4) is 11.8 Å². The van der Waals surface area contributed by atoms with Crippen LogP contribution in [-0.4, -0.2) is 40.0 Å². The van der Waals surface area contributed by atoms with Gasteiger partial charge in [-0.2, -0.15) is 0 Å². The fourth-order valence-corrected chi connectivity index (χ4v) is 1.04. The highest BCUT2D eigenvalue weighted by atomic mass is 16.5. The molecule has 1 unspecified atom stereocenters. The molecule has 0 heterocycles. The van der Waals surface area contributed by atoms with Gasteiger partial charge >= 0.3 is 0 Å². The minimum atomic E-state index is 0.435. The first-order valence-electron chi connectivity index (χ1n) is 4.98. The Morgan fingerprint density at radius 2 is 2.07 bits per heavy atom. The molecule has 0 aromatic carbocycles. The van der Waals surface area contributed by atoms with E-state index in [1.165, 1.54) is 0 Å². The van der Waals surface area contributed by atoms with Crippen LogP contribution < -0.4 is 5.32 Å². The zero-order valence-corrected chi connectivity index (χ0v) is 9.43. The van der Waals surface area contributed by atoms with Crippen LogP contribution in [-0.2, 0) is 9.47 Å². The lowest BCUT2D eigenvalue weighted by Crippen LogP contribution is -2.26. The minimum absolute atomic E-state index is 0.435. The second kappa shape index (κ2) is 10.5. The lowest BCUT2D eigenvalue weighted by Gasteiger charge is -2.12. The Morgan fingerprint density at radius 1 is 1.29 bits per heavy atom. The Bertz CT molecular complexity index is 172. The summed E-state index contributed by atoms with van der Waals surface area (Å²) in [7, 11) is 3.63. The predicted octanol–water partition coefficient (Wildman–Crippen LogP) is 1.04. The Kier molecular flexibility index (Phi) is 10.1. The van der Waals surface area contributed by atoms with Gasteiger partial charge in [-0.1, -0.05) is 0 Å². The molecule has 0 aromatic heterocycles. The van der Waals surface area contributed by atoms with Crippen molar-refractivity contribution in [1.29, 1.82) is 0 Å². The van der Waals surface area contributed by atoms with E-state index in [0.717, 1.165) is 19.4 Å². The maximum atomic E-state index is 5.37. The summed E-state index contributed by atoms with van der Waals surface area (Å²) in [6.45, 7) is 3.97. The molecule has 3 nitrogen and oxygen atoms in total. The van der Waals surface area contributed by atoms with Gasteiger partial charge in [0.15, 0.2) is 0 Å². The van der Waals surface area contributed by atoms with Crippen molar-refractivity contribution in [3.05, 3.63) is 0 Å². The lowest BCUT2D eigenvalue weighted by molar-refractivity contribution is 0.0663. The quantitative estimate of drug-likeness (QED) is 0.468. The molecule has 0 spiro atoms. The zero-order valence-electron chi connectivity index (χ0n) is 9.43. The Labute approximate surface area is 87.2 Å². The van der Waals surface area contributed by atoms with E-state index in [4.69, 9.17) is 9.47 Å². The van der Waals surface area contributed by atoms with Gasteiger partial charge in [0, 0.05) is 26.2 Å². The predicted molar refractivity (Wildman–Crippen MR) is 58.2 cm³/mol. The maximum Gasteiger partial charge on any atom is 0.0700 e. The first kappa shape index (κ1) is 13.4. The summed E-state index contributed by atoms with van der Waals surface area (Å²) in [6.07, 6.45) is 1.88. The van der Waals surface area contributed by atoms with Gasteiger partial charge in [-0.15, -0.1) is 11.8 Å². The van der Waals surface area contributed by atoms with E-state index >= 15 is 0 Å². The standard InChI is InChI=1S/C11H21NO2/c1-4-5-6-11(12-2)7-8-14-10-9-13-3/h11-12H,6-10H2,1-3H3. The van der Waals surface area contributed by atoms with Crippen molar-refractivity contribution in [2.75, 3.05) is 34.0 Å². The Morgan fingerprint density at radius 3 is 2.64 bits per heavy atom. The largest absolute Gasteiger partial charge is 0.382 e. The lowest BCUT2D eigenvalue weighted by atomic mass is 10.1. The number of methoxy groups -OCH3 is 1. The van der Waals surface area contributed by atoms with Crippen LogP contribution in [0.15, 0.2) is 0 Å². The van der Waals surface area contributed by atoms with E-state index in [0.29, 0.717) is 19.3 Å². The summed E-state index contributed by atoms with van der Waals surface area (Å²) in [5.74, 6) is 5.95. The number of hydrogen-bond donors (Lipinski definition) is 1. The van der Waals surface area contributed by atoms with Gasteiger partial charge in [-0.05, 0) is 20.4 Å². The smallest absolute Gasteiger partial charge is 0.0700 e. The number of ether oxygens (including phenoxy) is 2. The molecule has 1 atom stereocenters. The maximum absolute atomic E-state index is 5.37. The molecule has 0 amide bonds. The van der Waals surface area contributed by atoms with Crippen molar-refractivity contribution < 1.29 is 9.47 Å². The molecule has 0 fully saturated rings. The normalized spacial score (nSPS) is 11.9. The van der Waals surface area contributed by atoms with Gasteiger partial charge in [0.05, 0.1) is 13.2 Å². The highest BCUT2D eigenvalue weighted by Gasteiger charge is 2.02. The van der Waals surface area contributed by atoms with Crippen LogP contribution >= 0.6 is 0 Å². The second-order valence-corrected chi connectivity index (χ2v) is 3.01. The highest BCUT2D eigenvalue weighted by molar-refractivity contribution is 4.97. The molecule has 0 aliphatic carbocycles. The topological polar surface area (TPSA) is 30.5 Å². The monoisotopic (exact) mass is 199 g/mol. The third kappa shape index (κ3) is 8.06. The summed E-state index contributed by atoms with van der Waals surface area (Å²) in [6, 6.07) is 0.435.